The minimum absolute atomic E-state index is 0.370. The number of anilines is 1. The highest BCUT2D eigenvalue weighted by atomic mass is 79.9. The van der Waals surface area contributed by atoms with Crippen LogP contribution in [-0.2, 0) is 4.79 Å². The smallest absolute Gasteiger partial charge is 0.327 e. The molecule has 1 aliphatic rings. The monoisotopic (exact) mass is 486 g/mol. The number of carboxylic acids is 1. The molecule has 1 saturated heterocycles. The number of urea groups is 1. The van der Waals surface area contributed by atoms with E-state index in [9.17, 15) is 9.59 Å². The Morgan fingerprint density at radius 3 is 2.45 bits per heavy atom. The Morgan fingerprint density at radius 1 is 1.30 bits per heavy atom. The third kappa shape index (κ3) is 3.49. The van der Waals surface area contributed by atoms with E-state index in [0.717, 1.165) is 4.47 Å². The van der Waals surface area contributed by atoms with E-state index in [1.165, 1.54) is 16.7 Å². The highest BCUT2D eigenvalue weighted by molar-refractivity contribution is 9.11. The second-order valence-corrected chi connectivity index (χ2v) is 7.62. The van der Waals surface area contributed by atoms with Gasteiger partial charge in [-0.2, -0.15) is 0 Å². The predicted octanol–water partition coefficient (Wildman–Crippen LogP) is 3.97. The molecule has 2 amide bonds. The van der Waals surface area contributed by atoms with E-state index in [1.54, 1.807) is 12.1 Å². The number of hydrogen-bond acceptors (Lipinski definition) is 3. The Morgan fingerprint density at radius 2 is 1.90 bits per heavy atom. The normalized spacial score (nSPS) is 18.1. The van der Waals surface area contributed by atoms with Crippen LogP contribution in [0, 0.1) is 0 Å². The zero-order chi connectivity index (χ0) is 14.9. The van der Waals surface area contributed by atoms with Crippen LogP contribution in [0.2, 0.25) is 0 Å². The summed E-state index contributed by atoms with van der Waals surface area (Å²) >= 11 is 11.5. The lowest BCUT2D eigenvalue weighted by Gasteiger charge is -2.21. The minimum Gasteiger partial charge on any atom is -0.480 e. The first-order valence-corrected chi connectivity index (χ1v) is 8.96. The number of carboxylic acid groups (broad SMARTS) is 1. The van der Waals surface area contributed by atoms with E-state index in [0.29, 0.717) is 26.3 Å². The molecule has 0 bridgehead atoms. The summed E-state index contributed by atoms with van der Waals surface area (Å²) in [4.78, 5) is 24.6. The molecule has 1 aliphatic heterocycles. The van der Waals surface area contributed by atoms with E-state index >= 15 is 0 Å². The van der Waals surface area contributed by atoms with E-state index in [-0.39, 0.29) is 0 Å². The third-order valence-electron chi connectivity index (χ3n) is 2.67. The number of nitrogens with zero attached hydrogens (tertiary/aromatic N) is 1. The fourth-order valence-corrected chi connectivity index (χ4v) is 5.29. The lowest BCUT2D eigenvalue weighted by atomic mass is 10.3. The fraction of sp³-hybridized carbons (Fsp3) is 0.273. The van der Waals surface area contributed by atoms with Gasteiger partial charge in [-0.1, -0.05) is 15.9 Å². The van der Waals surface area contributed by atoms with Gasteiger partial charge in [-0.3, -0.25) is 0 Å². The van der Waals surface area contributed by atoms with Crippen molar-refractivity contribution in [2.24, 2.45) is 0 Å². The Labute approximate surface area is 144 Å². The molecule has 1 heterocycles. The summed E-state index contributed by atoms with van der Waals surface area (Å²) in [5, 5.41) is 11.8. The second-order valence-electron chi connectivity index (χ2n) is 4.00. The third-order valence-corrected chi connectivity index (χ3v) is 5.39. The van der Waals surface area contributed by atoms with Crippen molar-refractivity contribution in [1.29, 1.82) is 0 Å². The molecule has 2 N–H and O–H groups in total. The highest BCUT2D eigenvalue weighted by Gasteiger charge is 2.34. The number of rotatable bonds is 2. The number of benzene rings is 1. The summed E-state index contributed by atoms with van der Waals surface area (Å²) in [5.41, 5.74) is 0.569. The van der Waals surface area contributed by atoms with Gasteiger partial charge in [0.05, 0.1) is 11.6 Å². The average Bonchev–Trinajstić information content (AvgIpc) is 2.82. The maximum Gasteiger partial charge on any atom is 0.327 e. The first kappa shape index (κ1) is 16.1. The molecule has 9 heteroatoms. The van der Waals surface area contributed by atoms with Gasteiger partial charge in [0.1, 0.15) is 6.04 Å². The maximum absolute atomic E-state index is 12.2. The summed E-state index contributed by atoms with van der Waals surface area (Å²) in [6.45, 7) is 0. The van der Waals surface area contributed by atoms with Crippen molar-refractivity contribution in [1.82, 2.24) is 4.90 Å². The van der Waals surface area contributed by atoms with Crippen LogP contribution in [0.3, 0.4) is 0 Å². The van der Waals surface area contributed by atoms with Crippen LogP contribution in [0.15, 0.2) is 25.6 Å². The van der Waals surface area contributed by atoms with Crippen LogP contribution in [-0.4, -0.2) is 39.7 Å². The van der Waals surface area contributed by atoms with Gasteiger partial charge in [0.25, 0.3) is 0 Å². The first-order valence-electron chi connectivity index (χ1n) is 5.43. The van der Waals surface area contributed by atoms with Crippen molar-refractivity contribution in [2.75, 3.05) is 16.9 Å². The van der Waals surface area contributed by atoms with Crippen LogP contribution in [0.5, 0.6) is 0 Å². The molecule has 0 aliphatic carbocycles. The molecule has 20 heavy (non-hydrogen) atoms. The second kappa shape index (κ2) is 6.67. The SMILES string of the molecule is O=C(O)[C@@H]1CSCN1C(=O)Nc1c(Br)cc(Br)cc1Br. The zero-order valence-corrected chi connectivity index (χ0v) is 15.5. The number of aliphatic carboxylic acids is 1. The van der Waals surface area contributed by atoms with Crippen molar-refractivity contribution in [3.8, 4) is 0 Å². The van der Waals surface area contributed by atoms with E-state index in [4.69, 9.17) is 5.11 Å². The predicted molar refractivity (Wildman–Crippen MR) is 89.1 cm³/mol. The standard InChI is InChI=1S/C11H9Br3N2O3S/c12-5-1-6(13)9(7(14)2-5)15-11(19)16-4-20-3-8(16)10(17)18/h1-2,8H,3-4H2,(H,15,19)(H,17,18)/t8-/m0/s1. The summed E-state index contributed by atoms with van der Waals surface area (Å²) in [6, 6.07) is 2.39. The molecule has 0 saturated carbocycles. The van der Waals surface area contributed by atoms with Crippen LogP contribution in [0.4, 0.5) is 10.5 Å². The molecular weight excluding hydrogens is 480 g/mol. The maximum atomic E-state index is 12.2. The molecule has 108 valence electrons. The first-order chi connectivity index (χ1) is 9.40. The van der Waals surface area contributed by atoms with Gasteiger partial charge in [0.15, 0.2) is 0 Å². The van der Waals surface area contributed by atoms with Crippen LogP contribution in [0.1, 0.15) is 0 Å². The Bertz CT molecular complexity index is 547. The zero-order valence-electron chi connectivity index (χ0n) is 9.90. The number of carbonyl (C=O) groups is 2. The molecule has 0 unspecified atom stereocenters. The van der Waals surface area contributed by atoms with Gasteiger partial charge in [0, 0.05) is 19.2 Å². The van der Waals surface area contributed by atoms with Gasteiger partial charge < -0.3 is 15.3 Å². The lowest BCUT2D eigenvalue weighted by molar-refractivity contribution is -0.140. The van der Waals surface area contributed by atoms with Crippen molar-refractivity contribution >= 4 is 77.2 Å². The topological polar surface area (TPSA) is 69.6 Å². The van der Waals surface area contributed by atoms with Gasteiger partial charge in [-0.25, -0.2) is 9.59 Å². The number of halogens is 3. The summed E-state index contributed by atoms with van der Waals surface area (Å²) in [5.74, 6) is -0.209. The number of amides is 2. The van der Waals surface area contributed by atoms with E-state index < -0.39 is 18.0 Å². The lowest BCUT2D eigenvalue weighted by Crippen LogP contribution is -2.44. The fourth-order valence-electron chi connectivity index (χ4n) is 1.69. The van der Waals surface area contributed by atoms with E-state index in [1.807, 2.05) is 0 Å². The number of thioether (sulfide) groups is 1. The summed E-state index contributed by atoms with van der Waals surface area (Å²) in [7, 11) is 0. The summed E-state index contributed by atoms with van der Waals surface area (Å²) < 4.78 is 2.26. The molecular formula is C11H9Br3N2O3S. The van der Waals surface area contributed by atoms with Crippen LogP contribution in [0.25, 0.3) is 0 Å². The quantitative estimate of drug-likeness (QED) is 0.661. The Balaban J connectivity index is 2.18. The van der Waals surface area contributed by atoms with Gasteiger partial charge in [-0.05, 0) is 44.0 Å². The number of carbonyl (C=O) groups excluding carboxylic acids is 1. The summed E-state index contributed by atoms with van der Waals surface area (Å²) in [6.07, 6.45) is 0. The van der Waals surface area contributed by atoms with Crippen molar-refractivity contribution in [3.05, 3.63) is 25.6 Å². The minimum atomic E-state index is -0.987. The molecule has 0 spiro atoms. The Hall–Kier alpha value is -0.250. The molecule has 2 rings (SSSR count). The van der Waals surface area contributed by atoms with Crippen LogP contribution < -0.4 is 5.32 Å². The van der Waals surface area contributed by atoms with Crippen molar-refractivity contribution in [3.63, 3.8) is 0 Å². The Kier molecular flexibility index (Phi) is 5.38. The molecule has 1 atom stereocenters. The molecule has 0 radical (unpaired) electrons. The number of nitrogens with one attached hydrogen (secondary N) is 1. The molecule has 5 nitrogen and oxygen atoms in total. The average molecular weight is 489 g/mol. The molecule has 0 aromatic heterocycles. The highest BCUT2D eigenvalue weighted by Crippen LogP contribution is 2.35. The molecule has 1 aromatic rings. The van der Waals surface area contributed by atoms with Crippen molar-refractivity contribution < 1.29 is 14.7 Å². The van der Waals surface area contributed by atoms with Crippen molar-refractivity contribution in [2.45, 2.75) is 6.04 Å². The van der Waals surface area contributed by atoms with Gasteiger partial charge in [-0.15, -0.1) is 11.8 Å². The largest absolute Gasteiger partial charge is 0.480 e. The van der Waals surface area contributed by atoms with Crippen LogP contribution >= 0.6 is 59.6 Å². The van der Waals surface area contributed by atoms with Gasteiger partial charge >= 0.3 is 12.0 Å². The number of hydrogen-bond donors (Lipinski definition) is 2. The van der Waals surface area contributed by atoms with Gasteiger partial charge in [0.2, 0.25) is 0 Å². The molecule has 1 fully saturated rings. The molecule has 1 aromatic carbocycles. The van der Waals surface area contributed by atoms with E-state index in [2.05, 4.69) is 53.1 Å².